The average molecular weight is 275 g/mol. The van der Waals surface area contributed by atoms with Crippen LogP contribution in [0.25, 0.3) is 0 Å². The van der Waals surface area contributed by atoms with Crippen LogP contribution >= 0.6 is 0 Å². The molecule has 2 rings (SSSR count). The summed E-state index contributed by atoms with van der Waals surface area (Å²) in [7, 11) is 0. The van der Waals surface area contributed by atoms with Gasteiger partial charge >= 0.3 is 0 Å². The Labute approximate surface area is 121 Å². The maximum Gasteiger partial charge on any atom is 0.148 e. The Kier molecular flexibility index (Phi) is 4.47. The molecule has 0 saturated heterocycles. The predicted octanol–water partition coefficient (Wildman–Crippen LogP) is 3.55. The standard InChI is InChI=1S/C15H25N5/c1-6-12(4)19-8-7-15(18-19)16-9-14-10-17-20(11(2)3)13(14)5/h7-8,10-12H,6,9H2,1-5H3,(H,16,18). The van der Waals surface area contributed by atoms with E-state index in [4.69, 9.17) is 0 Å². The molecule has 5 heteroatoms. The number of nitrogens with one attached hydrogen (secondary N) is 1. The lowest BCUT2D eigenvalue weighted by molar-refractivity contribution is 0.479. The highest BCUT2D eigenvalue weighted by Crippen LogP contribution is 2.15. The summed E-state index contributed by atoms with van der Waals surface area (Å²) in [5, 5.41) is 12.3. The molecule has 0 aliphatic heterocycles. The molecule has 0 aromatic carbocycles. The van der Waals surface area contributed by atoms with Crippen molar-refractivity contribution in [3.8, 4) is 0 Å². The van der Waals surface area contributed by atoms with Gasteiger partial charge in [-0.25, -0.2) is 0 Å². The van der Waals surface area contributed by atoms with Crippen molar-refractivity contribution in [1.82, 2.24) is 19.6 Å². The quantitative estimate of drug-likeness (QED) is 0.877. The zero-order valence-electron chi connectivity index (χ0n) is 13.1. The maximum atomic E-state index is 4.55. The first-order valence-electron chi connectivity index (χ1n) is 7.35. The van der Waals surface area contributed by atoms with Crippen molar-refractivity contribution in [2.45, 2.75) is 59.7 Å². The molecule has 0 saturated carbocycles. The highest BCUT2D eigenvalue weighted by atomic mass is 15.3. The fraction of sp³-hybridized carbons (Fsp3) is 0.600. The second kappa shape index (κ2) is 6.11. The van der Waals surface area contributed by atoms with Gasteiger partial charge in [-0.3, -0.25) is 9.36 Å². The molecule has 1 atom stereocenters. The van der Waals surface area contributed by atoms with E-state index in [1.807, 2.05) is 23.1 Å². The summed E-state index contributed by atoms with van der Waals surface area (Å²) in [6.45, 7) is 11.5. The molecule has 1 N–H and O–H groups in total. The minimum atomic E-state index is 0.397. The van der Waals surface area contributed by atoms with Crippen LogP contribution in [0.15, 0.2) is 18.5 Å². The van der Waals surface area contributed by atoms with Crippen molar-refractivity contribution >= 4 is 5.82 Å². The Bertz CT molecular complexity index is 552. The second-order valence-corrected chi connectivity index (χ2v) is 5.59. The lowest BCUT2D eigenvalue weighted by Gasteiger charge is -2.09. The van der Waals surface area contributed by atoms with E-state index in [1.165, 1.54) is 11.3 Å². The first-order chi connectivity index (χ1) is 9.52. The van der Waals surface area contributed by atoms with Gasteiger partial charge < -0.3 is 5.32 Å². The fourth-order valence-corrected chi connectivity index (χ4v) is 2.20. The van der Waals surface area contributed by atoms with Crippen LogP contribution in [0.5, 0.6) is 0 Å². The van der Waals surface area contributed by atoms with Gasteiger partial charge in [0.15, 0.2) is 0 Å². The van der Waals surface area contributed by atoms with Gasteiger partial charge in [0.05, 0.1) is 6.20 Å². The average Bonchev–Trinajstić information content (AvgIpc) is 3.02. The Hall–Kier alpha value is -1.78. The largest absolute Gasteiger partial charge is 0.364 e. The first-order valence-corrected chi connectivity index (χ1v) is 7.35. The third-order valence-electron chi connectivity index (χ3n) is 3.75. The van der Waals surface area contributed by atoms with Crippen LogP contribution in [0.1, 0.15) is 57.5 Å². The molecule has 0 radical (unpaired) electrons. The van der Waals surface area contributed by atoms with Crippen molar-refractivity contribution in [3.63, 3.8) is 0 Å². The molecule has 0 aliphatic rings. The molecular weight excluding hydrogens is 250 g/mol. The van der Waals surface area contributed by atoms with Crippen molar-refractivity contribution in [1.29, 1.82) is 0 Å². The van der Waals surface area contributed by atoms with Gasteiger partial charge in [0.1, 0.15) is 5.82 Å². The highest BCUT2D eigenvalue weighted by Gasteiger charge is 2.09. The number of aromatic nitrogens is 4. The highest BCUT2D eigenvalue weighted by molar-refractivity contribution is 5.34. The van der Waals surface area contributed by atoms with Gasteiger partial charge in [0, 0.05) is 42.1 Å². The summed E-state index contributed by atoms with van der Waals surface area (Å²) in [4.78, 5) is 0. The molecule has 0 fully saturated rings. The lowest BCUT2D eigenvalue weighted by atomic mass is 10.2. The lowest BCUT2D eigenvalue weighted by Crippen LogP contribution is -2.07. The van der Waals surface area contributed by atoms with E-state index in [-0.39, 0.29) is 0 Å². The number of anilines is 1. The molecule has 20 heavy (non-hydrogen) atoms. The minimum Gasteiger partial charge on any atom is -0.364 e. The Morgan fingerprint density at radius 2 is 2.05 bits per heavy atom. The zero-order valence-corrected chi connectivity index (χ0v) is 13.1. The SMILES string of the molecule is CCC(C)n1ccc(NCc2cnn(C(C)C)c2C)n1. The van der Waals surface area contributed by atoms with Crippen LogP contribution in [0, 0.1) is 6.92 Å². The summed E-state index contributed by atoms with van der Waals surface area (Å²) in [5.74, 6) is 0.919. The van der Waals surface area contributed by atoms with Crippen LogP contribution in [0.2, 0.25) is 0 Å². The van der Waals surface area contributed by atoms with Crippen LogP contribution in [-0.2, 0) is 6.54 Å². The van der Waals surface area contributed by atoms with Gasteiger partial charge in [-0.15, -0.1) is 0 Å². The van der Waals surface area contributed by atoms with Crippen molar-refractivity contribution in [2.75, 3.05) is 5.32 Å². The van der Waals surface area contributed by atoms with E-state index in [0.717, 1.165) is 18.8 Å². The molecule has 5 nitrogen and oxygen atoms in total. The third-order valence-corrected chi connectivity index (χ3v) is 3.75. The van der Waals surface area contributed by atoms with Crippen LogP contribution in [-0.4, -0.2) is 19.6 Å². The molecule has 110 valence electrons. The van der Waals surface area contributed by atoms with E-state index >= 15 is 0 Å². The van der Waals surface area contributed by atoms with Crippen LogP contribution < -0.4 is 5.32 Å². The van der Waals surface area contributed by atoms with E-state index in [9.17, 15) is 0 Å². The molecule has 2 aromatic rings. The Balaban J connectivity index is 2.00. The third kappa shape index (κ3) is 3.03. The van der Waals surface area contributed by atoms with Gasteiger partial charge in [0.2, 0.25) is 0 Å². The second-order valence-electron chi connectivity index (χ2n) is 5.59. The van der Waals surface area contributed by atoms with E-state index in [2.05, 4.69) is 54.8 Å². The fourth-order valence-electron chi connectivity index (χ4n) is 2.20. The van der Waals surface area contributed by atoms with Crippen LogP contribution in [0.4, 0.5) is 5.82 Å². The van der Waals surface area contributed by atoms with E-state index in [1.54, 1.807) is 0 Å². The Morgan fingerprint density at radius 1 is 1.30 bits per heavy atom. The zero-order chi connectivity index (χ0) is 14.7. The number of rotatable bonds is 6. The van der Waals surface area contributed by atoms with Crippen molar-refractivity contribution < 1.29 is 0 Å². The van der Waals surface area contributed by atoms with Gasteiger partial charge in [0.25, 0.3) is 0 Å². The summed E-state index contributed by atoms with van der Waals surface area (Å²) in [6, 6.07) is 2.86. The maximum absolute atomic E-state index is 4.55. The first kappa shape index (κ1) is 14.6. The minimum absolute atomic E-state index is 0.397. The monoisotopic (exact) mass is 275 g/mol. The Morgan fingerprint density at radius 3 is 2.65 bits per heavy atom. The number of hydrogen-bond acceptors (Lipinski definition) is 3. The molecule has 2 aromatic heterocycles. The molecule has 2 heterocycles. The summed E-state index contributed by atoms with van der Waals surface area (Å²) in [6.07, 6.45) is 5.05. The summed E-state index contributed by atoms with van der Waals surface area (Å²) >= 11 is 0. The number of nitrogens with zero attached hydrogens (tertiary/aromatic N) is 4. The van der Waals surface area contributed by atoms with Crippen molar-refractivity contribution in [3.05, 3.63) is 29.7 Å². The summed E-state index contributed by atoms with van der Waals surface area (Å²) in [5.41, 5.74) is 2.44. The normalized spacial score (nSPS) is 12.9. The molecular formula is C15H25N5. The topological polar surface area (TPSA) is 47.7 Å². The summed E-state index contributed by atoms with van der Waals surface area (Å²) < 4.78 is 4.06. The molecule has 0 bridgehead atoms. The van der Waals surface area contributed by atoms with Crippen LogP contribution in [0.3, 0.4) is 0 Å². The molecule has 1 unspecified atom stereocenters. The van der Waals surface area contributed by atoms with E-state index < -0.39 is 0 Å². The van der Waals surface area contributed by atoms with Gasteiger partial charge in [-0.2, -0.15) is 10.2 Å². The molecule has 0 aliphatic carbocycles. The predicted molar refractivity (Wildman–Crippen MR) is 81.9 cm³/mol. The van der Waals surface area contributed by atoms with Gasteiger partial charge in [-0.1, -0.05) is 6.92 Å². The molecule has 0 spiro atoms. The number of hydrogen-bond donors (Lipinski definition) is 1. The molecule has 0 amide bonds. The van der Waals surface area contributed by atoms with E-state index in [0.29, 0.717) is 12.1 Å². The van der Waals surface area contributed by atoms with Crippen molar-refractivity contribution in [2.24, 2.45) is 0 Å². The smallest absolute Gasteiger partial charge is 0.148 e. The van der Waals surface area contributed by atoms with Gasteiger partial charge in [-0.05, 0) is 34.1 Å².